The Kier molecular flexibility index (Phi) is 4.05. The van der Waals surface area contributed by atoms with Gasteiger partial charge in [0, 0.05) is 11.6 Å². The van der Waals surface area contributed by atoms with Crippen molar-refractivity contribution in [1.29, 1.82) is 0 Å². The molecule has 1 atom stereocenters. The van der Waals surface area contributed by atoms with Gasteiger partial charge in [0.05, 0.1) is 12.5 Å². The molecule has 0 fully saturated rings. The predicted octanol–water partition coefficient (Wildman–Crippen LogP) is 4.61. The van der Waals surface area contributed by atoms with Crippen molar-refractivity contribution in [1.82, 2.24) is 0 Å². The minimum atomic E-state index is -0.661. The fraction of sp³-hybridized carbons (Fsp3) is 0.200. The topological polar surface area (TPSA) is 9.23 Å². The quantitative estimate of drug-likeness (QED) is 0.747. The molecule has 19 heavy (non-hydrogen) atoms. The monoisotopic (exact) mass is 282 g/mol. The Bertz CT molecular complexity index is 599. The third kappa shape index (κ3) is 2.87. The first kappa shape index (κ1) is 13.8. The second-order valence-electron chi connectivity index (χ2n) is 4.25. The Balaban J connectivity index is 2.41. The van der Waals surface area contributed by atoms with E-state index >= 15 is 0 Å². The second kappa shape index (κ2) is 5.57. The fourth-order valence-corrected chi connectivity index (χ4v) is 2.35. The van der Waals surface area contributed by atoms with Crippen molar-refractivity contribution in [3.63, 3.8) is 0 Å². The first-order valence-electron chi connectivity index (χ1n) is 5.76. The van der Waals surface area contributed by atoms with Gasteiger partial charge in [-0.05, 0) is 36.2 Å². The zero-order valence-corrected chi connectivity index (χ0v) is 11.3. The van der Waals surface area contributed by atoms with Gasteiger partial charge < -0.3 is 4.74 Å². The summed E-state index contributed by atoms with van der Waals surface area (Å²) in [7, 11) is 1.47. The minimum absolute atomic E-state index is 0.333. The molecule has 0 saturated heterocycles. The Hall–Kier alpha value is -1.61. The fourth-order valence-electron chi connectivity index (χ4n) is 1.93. The van der Waals surface area contributed by atoms with Gasteiger partial charge in [-0.15, -0.1) is 11.6 Å². The molecule has 2 aromatic carbocycles. The molecule has 1 unspecified atom stereocenters. The van der Waals surface area contributed by atoms with Crippen LogP contribution in [0.15, 0.2) is 36.4 Å². The molecule has 0 spiro atoms. The van der Waals surface area contributed by atoms with E-state index in [1.54, 1.807) is 25.1 Å². The van der Waals surface area contributed by atoms with Gasteiger partial charge >= 0.3 is 0 Å². The van der Waals surface area contributed by atoms with Gasteiger partial charge in [-0.25, -0.2) is 8.78 Å². The van der Waals surface area contributed by atoms with Crippen molar-refractivity contribution < 1.29 is 13.5 Å². The van der Waals surface area contributed by atoms with E-state index in [-0.39, 0.29) is 5.82 Å². The van der Waals surface area contributed by atoms with Crippen molar-refractivity contribution in [2.24, 2.45) is 0 Å². The van der Waals surface area contributed by atoms with Gasteiger partial charge in [0.1, 0.15) is 17.4 Å². The first-order chi connectivity index (χ1) is 9.02. The number of rotatable bonds is 3. The molecular formula is C15H13ClF2O. The summed E-state index contributed by atoms with van der Waals surface area (Å²) in [6, 6.07) is 8.78. The molecule has 0 heterocycles. The molecule has 0 radical (unpaired) electrons. The van der Waals surface area contributed by atoms with Crippen LogP contribution in [0.4, 0.5) is 8.78 Å². The Morgan fingerprint density at radius 1 is 1.05 bits per heavy atom. The summed E-state index contributed by atoms with van der Waals surface area (Å²) in [5.41, 5.74) is 1.72. The van der Waals surface area contributed by atoms with Gasteiger partial charge in [-0.1, -0.05) is 12.1 Å². The van der Waals surface area contributed by atoms with E-state index in [9.17, 15) is 8.78 Å². The smallest absolute Gasteiger partial charge is 0.131 e. The molecule has 0 saturated carbocycles. The highest BCUT2D eigenvalue weighted by Gasteiger charge is 2.18. The van der Waals surface area contributed by atoms with Gasteiger partial charge in [-0.3, -0.25) is 0 Å². The molecule has 100 valence electrons. The van der Waals surface area contributed by atoms with E-state index in [0.717, 1.165) is 0 Å². The maximum Gasteiger partial charge on any atom is 0.131 e. The molecule has 0 aromatic heterocycles. The minimum Gasteiger partial charge on any atom is -0.497 e. The maximum absolute atomic E-state index is 13.9. The largest absolute Gasteiger partial charge is 0.497 e. The summed E-state index contributed by atoms with van der Waals surface area (Å²) in [5.74, 6) is -0.343. The number of alkyl halides is 1. The molecule has 2 aromatic rings. The van der Waals surface area contributed by atoms with E-state index in [4.69, 9.17) is 16.3 Å². The van der Waals surface area contributed by atoms with E-state index in [0.29, 0.717) is 22.4 Å². The van der Waals surface area contributed by atoms with Crippen LogP contribution < -0.4 is 4.74 Å². The van der Waals surface area contributed by atoms with Crippen LogP contribution in [0.2, 0.25) is 0 Å². The first-order valence-corrected chi connectivity index (χ1v) is 6.20. The molecular weight excluding hydrogens is 270 g/mol. The summed E-state index contributed by atoms with van der Waals surface area (Å²) in [5, 5.41) is -0.661. The third-order valence-corrected chi connectivity index (χ3v) is 3.46. The Morgan fingerprint density at radius 2 is 1.74 bits per heavy atom. The van der Waals surface area contributed by atoms with E-state index in [1.165, 1.54) is 25.3 Å². The number of benzene rings is 2. The Labute approximate surface area is 115 Å². The summed E-state index contributed by atoms with van der Waals surface area (Å²) < 4.78 is 31.9. The van der Waals surface area contributed by atoms with Crippen LogP contribution >= 0.6 is 11.6 Å². The lowest BCUT2D eigenvalue weighted by Crippen LogP contribution is -2.00. The van der Waals surface area contributed by atoms with Crippen LogP contribution in [0.5, 0.6) is 5.75 Å². The molecule has 0 aliphatic rings. The van der Waals surface area contributed by atoms with Crippen molar-refractivity contribution >= 4 is 11.6 Å². The summed E-state index contributed by atoms with van der Waals surface area (Å²) in [4.78, 5) is 0. The lowest BCUT2D eigenvalue weighted by molar-refractivity contribution is 0.410. The number of aryl methyl sites for hydroxylation is 1. The maximum atomic E-state index is 13.9. The summed E-state index contributed by atoms with van der Waals surface area (Å²) >= 11 is 6.29. The van der Waals surface area contributed by atoms with Crippen LogP contribution in [0.3, 0.4) is 0 Å². The van der Waals surface area contributed by atoms with Gasteiger partial charge in [0.15, 0.2) is 0 Å². The number of hydrogen-bond donors (Lipinski definition) is 0. The lowest BCUT2D eigenvalue weighted by Gasteiger charge is -2.14. The van der Waals surface area contributed by atoms with E-state index in [1.807, 2.05) is 0 Å². The van der Waals surface area contributed by atoms with Crippen molar-refractivity contribution in [3.05, 3.63) is 64.7 Å². The number of halogens is 3. The van der Waals surface area contributed by atoms with E-state index in [2.05, 4.69) is 0 Å². The zero-order valence-electron chi connectivity index (χ0n) is 10.6. The number of ether oxygens (including phenoxy) is 1. The van der Waals surface area contributed by atoms with Crippen molar-refractivity contribution in [3.8, 4) is 5.75 Å². The highest BCUT2D eigenvalue weighted by Crippen LogP contribution is 2.34. The van der Waals surface area contributed by atoms with Crippen LogP contribution in [0.25, 0.3) is 0 Å². The SMILES string of the molecule is COc1ccc(C(Cl)c2ccc(F)cc2C)c(F)c1. The summed E-state index contributed by atoms with van der Waals surface area (Å²) in [6.45, 7) is 1.75. The van der Waals surface area contributed by atoms with Gasteiger partial charge in [0.2, 0.25) is 0 Å². The van der Waals surface area contributed by atoms with Gasteiger partial charge in [-0.2, -0.15) is 0 Å². The molecule has 1 nitrogen and oxygen atoms in total. The highest BCUT2D eigenvalue weighted by atomic mass is 35.5. The Morgan fingerprint density at radius 3 is 2.32 bits per heavy atom. The summed E-state index contributed by atoms with van der Waals surface area (Å²) in [6.07, 6.45) is 0. The molecule has 0 amide bonds. The molecule has 0 N–H and O–H groups in total. The van der Waals surface area contributed by atoms with Crippen LogP contribution in [0, 0.1) is 18.6 Å². The highest BCUT2D eigenvalue weighted by molar-refractivity contribution is 6.22. The number of methoxy groups -OCH3 is 1. The molecule has 4 heteroatoms. The lowest BCUT2D eigenvalue weighted by atomic mass is 9.99. The standard InChI is InChI=1S/C15H13ClF2O/c1-9-7-10(17)3-5-12(9)15(16)13-6-4-11(19-2)8-14(13)18/h3-8,15H,1-2H3. The number of hydrogen-bond acceptors (Lipinski definition) is 1. The normalized spacial score (nSPS) is 12.3. The predicted molar refractivity (Wildman–Crippen MR) is 71.8 cm³/mol. The van der Waals surface area contributed by atoms with Crippen LogP contribution in [-0.4, -0.2) is 7.11 Å². The molecule has 2 rings (SSSR count). The third-order valence-electron chi connectivity index (χ3n) is 2.99. The average Bonchev–Trinajstić information content (AvgIpc) is 2.37. The molecule has 0 bridgehead atoms. The van der Waals surface area contributed by atoms with Crippen molar-refractivity contribution in [2.75, 3.05) is 7.11 Å². The average molecular weight is 283 g/mol. The zero-order chi connectivity index (χ0) is 14.0. The molecule has 0 aliphatic carbocycles. The van der Waals surface area contributed by atoms with Crippen molar-refractivity contribution in [2.45, 2.75) is 12.3 Å². The van der Waals surface area contributed by atoms with Crippen LogP contribution in [-0.2, 0) is 0 Å². The van der Waals surface area contributed by atoms with E-state index < -0.39 is 11.2 Å². The van der Waals surface area contributed by atoms with Crippen LogP contribution in [0.1, 0.15) is 22.1 Å². The second-order valence-corrected chi connectivity index (χ2v) is 4.69. The van der Waals surface area contributed by atoms with Gasteiger partial charge in [0.25, 0.3) is 0 Å². The molecule has 0 aliphatic heterocycles.